The topological polar surface area (TPSA) is 45.1 Å². The summed E-state index contributed by atoms with van der Waals surface area (Å²) in [7, 11) is 0. The van der Waals surface area contributed by atoms with Gasteiger partial charge in [-0.15, -0.1) is 0 Å². The minimum Gasteiger partial charge on any atom is -0.388 e. The third-order valence-electron chi connectivity index (χ3n) is 5.37. The van der Waals surface area contributed by atoms with Gasteiger partial charge in [0, 0.05) is 17.0 Å². The molecule has 1 aliphatic heterocycles. The van der Waals surface area contributed by atoms with Gasteiger partial charge in [-0.05, 0) is 50.4 Å². The minimum absolute atomic E-state index is 0.397. The molecule has 2 atom stereocenters. The lowest BCUT2D eigenvalue weighted by Crippen LogP contribution is -2.35. The van der Waals surface area contributed by atoms with Crippen LogP contribution in [-0.4, -0.2) is 22.7 Å². The van der Waals surface area contributed by atoms with Crippen molar-refractivity contribution in [1.29, 1.82) is 0 Å². The van der Waals surface area contributed by atoms with E-state index in [0.29, 0.717) is 6.04 Å². The van der Waals surface area contributed by atoms with Gasteiger partial charge in [0.05, 0.1) is 17.3 Å². The van der Waals surface area contributed by atoms with Gasteiger partial charge in [-0.3, -0.25) is 0 Å². The maximum absolute atomic E-state index is 11.0. The predicted octanol–water partition coefficient (Wildman–Crippen LogP) is 4.78. The minimum atomic E-state index is -0.484. The number of para-hydroxylation sites is 1. The van der Waals surface area contributed by atoms with Crippen molar-refractivity contribution in [3.8, 4) is 11.3 Å². The van der Waals surface area contributed by atoms with E-state index in [4.69, 9.17) is 4.98 Å². The van der Waals surface area contributed by atoms with E-state index < -0.39 is 6.10 Å². The largest absolute Gasteiger partial charge is 0.388 e. The lowest BCUT2D eigenvalue weighted by Gasteiger charge is -2.26. The molecule has 134 valence electrons. The molecule has 26 heavy (non-hydrogen) atoms. The first-order valence-corrected chi connectivity index (χ1v) is 9.59. The molecule has 0 saturated carbocycles. The molecule has 2 N–H and O–H groups in total. The van der Waals surface area contributed by atoms with Gasteiger partial charge < -0.3 is 10.4 Å². The Morgan fingerprint density at radius 2 is 1.92 bits per heavy atom. The number of fused-ring (bicyclic) bond motifs is 1. The highest BCUT2D eigenvalue weighted by atomic mass is 16.3. The van der Waals surface area contributed by atoms with Crippen molar-refractivity contribution in [3.05, 3.63) is 65.7 Å². The Morgan fingerprint density at radius 1 is 1.12 bits per heavy atom. The number of aryl methyl sites for hydroxylation is 1. The van der Waals surface area contributed by atoms with Crippen LogP contribution in [0.2, 0.25) is 0 Å². The van der Waals surface area contributed by atoms with Crippen molar-refractivity contribution >= 4 is 10.9 Å². The Bertz CT molecular complexity index is 882. The summed E-state index contributed by atoms with van der Waals surface area (Å²) >= 11 is 0. The molecular formula is C23H26N2O. The fourth-order valence-corrected chi connectivity index (χ4v) is 3.87. The number of aliphatic hydroxyl groups is 1. The van der Waals surface area contributed by atoms with Gasteiger partial charge in [-0.25, -0.2) is 4.98 Å². The fraction of sp³-hybridized carbons (Fsp3) is 0.348. The number of pyridine rings is 1. The molecule has 0 spiro atoms. The molecule has 1 fully saturated rings. The summed E-state index contributed by atoms with van der Waals surface area (Å²) < 4.78 is 0. The third-order valence-corrected chi connectivity index (χ3v) is 5.37. The van der Waals surface area contributed by atoms with Crippen molar-refractivity contribution in [2.24, 2.45) is 0 Å². The zero-order valence-corrected chi connectivity index (χ0v) is 15.3. The first kappa shape index (κ1) is 17.2. The van der Waals surface area contributed by atoms with Gasteiger partial charge in [0.1, 0.15) is 0 Å². The monoisotopic (exact) mass is 346 g/mol. The quantitative estimate of drug-likeness (QED) is 0.715. The third kappa shape index (κ3) is 3.64. The molecule has 1 aromatic heterocycles. The van der Waals surface area contributed by atoms with Gasteiger partial charge in [0.2, 0.25) is 0 Å². The van der Waals surface area contributed by atoms with Crippen molar-refractivity contribution in [2.45, 2.75) is 44.8 Å². The van der Waals surface area contributed by atoms with Crippen molar-refractivity contribution in [2.75, 3.05) is 6.54 Å². The average molecular weight is 346 g/mol. The standard InChI is InChI=1S/C23H26N2O/c1-16-9-11-17(12-10-16)22-15-20(19-7-2-3-8-21(19)25-22)23(26)14-18-6-4-5-13-24-18/h2-3,7-12,15,18,23-24,26H,4-6,13-14H2,1H3. The molecule has 3 aromatic rings. The summed E-state index contributed by atoms with van der Waals surface area (Å²) in [6.07, 6.45) is 3.90. The van der Waals surface area contributed by atoms with Crippen LogP contribution in [-0.2, 0) is 0 Å². The van der Waals surface area contributed by atoms with E-state index in [1.807, 2.05) is 18.2 Å². The van der Waals surface area contributed by atoms with E-state index in [-0.39, 0.29) is 0 Å². The van der Waals surface area contributed by atoms with Crippen LogP contribution in [0.25, 0.3) is 22.2 Å². The molecule has 3 heteroatoms. The number of rotatable bonds is 4. The molecule has 4 rings (SSSR count). The van der Waals surface area contributed by atoms with E-state index in [9.17, 15) is 5.11 Å². The summed E-state index contributed by atoms with van der Waals surface area (Å²) in [6.45, 7) is 3.15. The van der Waals surface area contributed by atoms with Gasteiger partial charge in [0.25, 0.3) is 0 Å². The van der Waals surface area contributed by atoms with Crippen LogP contribution in [0, 0.1) is 6.92 Å². The average Bonchev–Trinajstić information content (AvgIpc) is 2.68. The van der Waals surface area contributed by atoms with Crippen LogP contribution in [0.3, 0.4) is 0 Å². The molecule has 0 amide bonds. The molecule has 0 aliphatic carbocycles. The number of nitrogens with zero attached hydrogens (tertiary/aromatic N) is 1. The van der Waals surface area contributed by atoms with Gasteiger partial charge in [-0.2, -0.15) is 0 Å². The molecule has 0 bridgehead atoms. The van der Waals surface area contributed by atoms with Crippen LogP contribution in [0.1, 0.15) is 42.9 Å². The van der Waals surface area contributed by atoms with Crippen LogP contribution in [0.15, 0.2) is 54.6 Å². The van der Waals surface area contributed by atoms with Crippen molar-refractivity contribution in [3.63, 3.8) is 0 Å². The summed E-state index contributed by atoms with van der Waals surface area (Å²) in [5.41, 5.74) is 5.17. The number of hydrogen-bond donors (Lipinski definition) is 2. The molecule has 2 aromatic carbocycles. The molecule has 3 nitrogen and oxygen atoms in total. The first-order chi connectivity index (χ1) is 12.7. The second-order valence-electron chi connectivity index (χ2n) is 7.38. The van der Waals surface area contributed by atoms with Crippen LogP contribution in [0.5, 0.6) is 0 Å². The predicted molar refractivity (Wildman–Crippen MR) is 107 cm³/mol. The summed E-state index contributed by atoms with van der Waals surface area (Å²) in [5.74, 6) is 0. The molecule has 0 radical (unpaired) electrons. The summed E-state index contributed by atoms with van der Waals surface area (Å²) in [6, 6.07) is 19.0. The van der Waals surface area contributed by atoms with E-state index in [0.717, 1.165) is 47.1 Å². The maximum atomic E-state index is 11.0. The molecule has 2 heterocycles. The lowest BCUT2D eigenvalue weighted by atomic mass is 9.93. The number of nitrogens with one attached hydrogen (secondary N) is 1. The van der Waals surface area contributed by atoms with Crippen LogP contribution in [0.4, 0.5) is 0 Å². The first-order valence-electron chi connectivity index (χ1n) is 9.59. The highest BCUT2D eigenvalue weighted by Gasteiger charge is 2.20. The Balaban J connectivity index is 1.72. The number of aromatic nitrogens is 1. The van der Waals surface area contributed by atoms with Crippen LogP contribution >= 0.6 is 0 Å². The van der Waals surface area contributed by atoms with E-state index in [2.05, 4.69) is 48.6 Å². The highest BCUT2D eigenvalue weighted by Crippen LogP contribution is 2.31. The zero-order valence-electron chi connectivity index (χ0n) is 15.3. The number of piperidine rings is 1. The Hall–Kier alpha value is -2.23. The van der Waals surface area contributed by atoms with E-state index >= 15 is 0 Å². The SMILES string of the molecule is Cc1ccc(-c2cc(C(O)CC3CCCCN3)c3ccccc3n2)cc1. The molecular weight excluding hydrogens is 320 g/mol. The van der Waals surface area contributed by atoms with Crippen LogP contribution < -0.4 is 5.32 Å². The summed E-state index contributed by atoms with van der Waals surface area (Å²) in [5, 5.41) is 15.6. The number of benzene rings is 2. The molecule has 2 unspecified atom stereocenters. The van der Waals surface area contributed by atoms with Gasteiger partial charge in [-0.1, -0.05) is 54.4 Å². The van der Waals surface area contributed by atoms with E-state index in [1.165, 1.54) is 18.4 Å². The molecule has 1 aliphatic rings. The fourth-order valence-electron chi connectivity index (χ4n) is 3.87. The van der Waals surface area contributed by atoms with Gasteiger partial charge in [0.15, 0.2) is 0 Å². The Kier molecular flexibility index (Phi) is 5.00. The number of aliphatic hydroxyl groups excluding tert-OH is 1. The second-order valence-corrected chi connectivity index (χ2v) is 7.38. The zero-order chi connectivity index (χ0) is 17.9. The highest BCUT2D eigenvalue weighted by molar-refractivity contribution is 5.85. The van der Waals surface area contributed by atoms with E-state index in [1.54, 1.807) is 0 Å². The molecule has 1 saturated heterocycles. The normalized spacial score (nSPS) is 18.8. The van der Waals surface area contributed by atoms with Crippen molar-refractivity contribution < 1.29 is 5.11 Å². The lowest BCUT2D eigenvalue weighted by molar-refractivity contribution is 0.146. The van der Waals surface area contributed by atoms with Gasteiger partial charge >= 0.3 is 0 Å². The van der Waals surface area contributed by atoms with Crippen molar-refractivity contribution in [1.82, 2.24) is 10.3 Å². The number of hydrogen-bond acceptors (Lipinski definition) is 3. The Labute approximate surface area is 155 Å². The summed E-state index contributed by atoms with van der Waals surface area (Å²) in [4.78, 5) is 4.84. The smallest absolute Gasteiger partial charge is 0.0812 e. The maximum Gasteiger partial charge on any atom is 0.0812 e. The Morgan fingerprint density at radius 3 is 2.69 bits per heavy atom. The second kappa shape index (κ2) is 7.56.